The molecule has 0 aromatic rings. The van der Waals surface area contributed by atoms with Gasteiger partial charge in [-0.05, 0) is 38.5 Å². The highest BCUT2D eigenvalue weighted by Gasteiger charge is 2.27. The Morgan fingerprint density at radius 3 is 1.16 bits per heavy atom. The molecular weight excluding hydrogens is 482 g/mol. The van der Waals surface area contributed by atoms with Gasteiger partial charge in [-0.25, -0.2) is 0 Å². The first-order valence-electron chi connectivity index (χ1n) is 15.5. The van der Waals surface area contributed by atoms with E-state index in [0.717, 1.165) is 19.4 Å². The average molecular weight is 541 g/mol. The number of hydrogen-bond acceptors (Lipinski definition) is 3. The van der Waals surface area contributed by atoms with Crippen LogP contribution in [0.2, 0.25) is 0 Å². The normalized spacial score (nSPS) is 11.8. The van der Waals surface area contributed by atoms with Gasteiger partial charge in [0.05, 0.1) is 45.4 Å². The lowest BCUT2D eigenvalue weighted by Crippen LogP contribution is -2.51. The van der Waals surface area contributed by atoms with Crippen LogP contribution < -0.4 is 0 Å². The summed E-state index contributed by atoms with van der Waals surface area (Å²) in [6, 6.07) is 0. The number of nitrogens with zero attached hydrogens (tertiary/aromatic N) is 1. The Balaban J connectivity index is 4.25. The summed E-state index contributed by atoms with van der Waals surface area (Å²) in [7, 11) is 0. The molecule has 0 radical (unpaired) electrons. The summed E-state index contributed by atoms with van der Waals surface area (Å²) >= 11 is 0. The van der Waals surface area contributed by atoms with Crippen LogP contribution in [0.4, 0.5) is 0 Å². The third-order valence-electron chi connectivity index (χ3n) is 7.46. The molecule has 0 spiro atoms. The van der Waals surface area contributed by atoms with Gasteiger partial charge in [-0.1, -0.05) is 76.9 Å². The van der Waals surface area contributed by atoms with Crippen LogP contribution in [-0.4, -0.2) is 63.9 Å². The zero-order valence-corrected chi connectivity index (χ0v) is 24.3. The highest BCUT2D eigenvalue weighted by atomic mass is 16.4. The van der Waals surface area contributed by atoms with Gasteiger partial charge in [-0.3, -0.25) is 14.4 Å². The van der Waals surface area contributed by atoms with E-state index in [9.17, 15) is 14.4 Å². The Kier molecular flexibility index (Phi) is 24.1. The van der Waals surface area contributed by atoms with Gasteiger partial charge >= 0.3 is 17.9 Å². The average Bonchev–Trinajstić information content (AvgIpc) is 2.85. The molecule has 0 aliphatic rings. The zero-order chi connectivity index (χ0) is 28.3. The van der Waals surface area contributed by atoms with Crippen LogP contribution in [0.25, 0.3) is 0 Å². The molecule has 0 unspecified atom stereocenters. The number of unbranched alkanes of at least 4 members (excludes halogenated alkanes) is 13. The zero-order valence-electron chi connectivity index (χ0n) is 24.3. The Morgan fingerprint density at radius 1 is 0.474 bits per heavy atom. The van der Waals surface area contributed by atoms with Crippen molar-refractivity contribution in [2.24, 2.45) is 0 Å². The van der Waals surface area contributed by atoms with E-state index in [2.05, 4.69) is 19.1 Å². The lowest BCUT2D eigenvalue weighted by Gasteiger charge is -2.39. The fraction of sp³-hybridized carbons (Fsp3) is 0.839. The molecule has 0 saturated heterocycles. The molecule has 0 aromatic heterocycles. The molecule has 0 bridgehead atoms. The van der Waals surface area contributed by atoms with Crippen molar-refractivity contribution in [1.29, 1.82) is 0 Å². The molecular formula is C31H58NO6+. The third kappa shape index (κ3) is 24.4. The summed E-state index contributed by atoms with van der Waals surface area (Å²) in [6.07, 6.45) is 25.4. The fourth-order valence-corrected chi connectivity index (χ4v) is 5.24. The highest BCUT2D eigenvalue weighted by Crippen LogP contribution is 2.18. The van der Waals surface area contributed by atoms with E-state index in [0.29, 0.717) is 43.4 Å². The summed E-state index contributed by atoms with van der Waals surface area (Å²) in [5.74, 6) is -2.48. The molecule has 0 aromatic carbocycles. The van der Waals surface area contributed by atoms with Crippen LogP contribution in [0.3, 0.4) is 0 Å². The van der Waals surface area contributed by atoms with Gasteiger partial charge in [0.1, 0.15) is 0 Å². The van der Waals surface area contributed by atoms with E-state index >= 15 is 0 Å². The second kappa shape index (κ2) is 25.4. The predicted molar refractivity (Wildman–Crippen MR) is 154 cm³/mol. The number of aliphatic carboxylic acids is 3. The van der Waals surface area contributed by atoms with Crippen LogP contribution >= 0.6 is 0 Å². The monoisotopic (exact) mass is 540 g/mol. The standard InChI is InChI=1S/C31H57NO6/c1-2-3-4-5-6-7-8-9-10-11-12-13-14-15-16-17-18-25-32(26-19-22-29(33)34,27-20-23-30(35)36)28-21-24-31(37)38/h9-10H,2-8,11-28H2,1H3,(H2-,33,34,35,36,37,38)/p+1/b10-9+. The first-order valence-corrected chi connectivity index (χ1v) is 15.5. The summed E-state index contributed by atoms with van der Waals surface area (Å²) in [4.78, 5) is 33.2. The number of carboxylic acid groups (broad SMARTS) is 3. The van der Waals surface area contributed by atoms with E-state index in [1.807, 2.05) is 0 Å². The van der Waals surface area contributed by atoms with Crippen LogP contribution in [0.1, 0.15) is 142 Å². The number of carboxylic acids is 3. The number of hydrogen-bond donors (Lipinski definition) is 3. The summed E-state index contributed by atoms with van der Waals surface area (Å²) < 4.78 is 0.638. The van der Waals surface area contributed by atoms with E-state index < -0.39 is 17.9 Å². The van der Waals surface area contributed by atoms with Crippen LogP contribution in [0.15, 0.2) is 12.2 Å². The minimum absolute atomic E-state index is 0.0894. The molecule has 0 fully saturated rings. The Hall–Kier alpha value is -1.89. The first kappa shape index (κ1) is 36.1. The lowest BCUT2D eigenvalue weighted by atomic mass is 10.1. The van der Waals surface area contributed by atoms with Crippen molar-refractivity contribution in [2.75, 3.05) is 26.2 Å². The topological polar surface area (TPSA) is 112 Å². The summed E-state index contributed by atoms with van der Waals surface area (Å²) in [5, 5.41) is 27.2. The van der Waals surface area contributed by atoms with Crippen molar-refractivity contribution in [3.8, 4) is 0 Å². The van der Waals surface area contributed by atoms with Gasteiger partial charge in [0.25, 0.3) is 0 Å². The second-order valence-corrected chi connectivity index (χ2v) is 11.0. The lowest BCUT2D eigenvalue weighted by molar-refractivity contribution is -0.929. The molecule has 0 amide bonds. The van der Waals surface area contributed by atoms with Crippen LogP contribution in [0, 0.1) is 0 Å². The maximum atomic E-state index is 11.1. The molecule has 38 heavy (non-hydrogen) atoms. The summed E-state index contributed by atoms with van der Waals surface area (Å²) in [5.41, 5.74) is 0. The Labute approximate surface area is 232 Å². The minimum atomic E-state index is -0.826. The van der Waals surface area contributed by atoms with E-state index in [1.165, 1.54) is 83.5 Å². The number of quaternary nitrogens is 1. The summed E-state index contributed by atoms with van der Waals surface area (Å²) in [6.45, 7) is 5.11. The maximum absolute atomic E-state index is 11.1. The maximum Gasteiger partial charge on any atom is 0.303 e. The van der Waals surface area contributed by atoms with Crippen molar-refractivity contribution >= 4 is 17.9 Å². The van der Waals surface area contributed by atoms with Gasteiger partial charge in [0.2, 0.25) is 0 Å². The number of rotatable bonds is 29. The molecule has 0 rings (SSSR count). The molecule has 0 aliphatic heterocycles. The molecule has 222 valence electrons. The molecule has 0 atom stereocenters. The third-order valence-corrected chi connectivity index (χ3v) is 7.46. The van der Waals surface area contributed by atoms with E-state index in [-0.39, 0.29) is 19.3 Å². The number of carbonyl (C=O) groups is 3. The second-order valence-electron chi connectivity index (χ2n) is 11.0. The SMILES string of the molecule is CCCCCCCC/C=C/CCCCCCCCC[N+](CCCC(=O)O)(CCCC(=O)O)CCCC(=O)O. The Morgan fingerprint density at radius 2 is 0.789 bits per heavy atom. The Bertz CT molecular complexity index is 584. The molecule has 3 N–H and O–H groups in total. The van der Waals surface area contributed by atoms with Gasteiger partial charge in [0, 0.05) is 19.3 Å². The molecule has 0 aliphatic carbocycles. The largest absolute Gasteiger partial charge is 0.481 e. The van der Waals surface area contributed by atoms with Gasteiger partial charge in [0.15, 0.2) is 0 Å². The van der Waals surface area contributed by atoms with Crippen molar-refractivity contribution < 1.29 is 34.2 Å². The molecule has 0 heterocycles. The van der Waals surface area contributed by atoms with Gasteiger partial charge < -0.3 is 19.8 Å². The van der Waals surface area contributed by atoms with Crippen LogP contribution in [0.5, 0.6) is 0 Å². The first-order chi connectivity index (χ1) is 18.3. The molecule has 0 saturated carbocycles. The number of allylic oxidation sites excluding steroid dienone is 2. The van der Waals surface area contributed by atoms with Crippen molar-refractivity contribution in [3.05, 3.63) is 12.2 Å². The smallest absolute Gasteiger partial charge is 0.303 e. The predicted octanol–water partition coefficient (Wildman–Crippen LogP) is 7.83. The molecule has 7 heteroatoms. The minimum Gasteiger partial charge on any atom is -0.481 e. The van der Waals surface area contributed by atoms with E-state index in [1.54, 1.807) is 0 Å². The van der Waals surface area contributed by atoms with Gasteiger partial charge in [-0.2, -0.15) is 0 Å². The van der Waals surface area contributed by atoms with Crippen LogP contribution in [-0.2, 0) is 14.4 Å². The van der Waals surface area contributed by atoms with Crippen molar-refractivity contribution in [1.82, 2.24) is 0 Å². The highest BCUT2D eigenvalue weighted by molar-refractivity contribution is 5.67. The fourth-order valence-electron chi connectivity index (χ4n) is 5.24. The molecule has 7 nitrogen and oxygen atoms in total. The quantitative estimate of drug-likeness (QED) is 0.0506. The van der Waals surface area contributed by atoms with Gasteiger partial charge in [-0.15, -0.1) is 0 Å². The van der Waals surface area contributed by atoms with E-state index in [4.69, 9.17) is 15.3 Å². The van der Waals surface area contributed by atoms with Crippen molar-refractivity contribution in [2.45, 2.75) is 142 Å². The van der Waals surface area contributed by atoms with Crippen molar-refractivity contribution in [3.63, 3.8) is 0 Å².